The molecule has 0 N–H and O–H groups in total. The van der Waals surface area contributed by atoms with E-state index in [1.165, 1.54) is 57.5 Å². The lowest BCUT2D eigenvalue weighted by molar-refractivity contribution is 0.814. The molecule has 0 atom stereocenters. The van der Waals surface area contributed by atoms with E-state index in [2.05, 4.69) is 37.3 Å². The van der Waals surface area contributed by atoms with Crippen LogP contribution in [0, 0.1) is 0 Å². The monoisotopic (exact) mass is 275 g/mol. The number of hydrogen-bond donors (Lipinski definition) is 0. The molecule has 2 aliphatic rings. The van der Waals surface area contributed by atoms with Gasteiger partial charge in [0.05, 0.1) is 30.0 Å². The summed E-state index contributed by atoms with van der Waals surface area (Å²) < 4.78 is 0. The van der Waals surface area contributed by atoms with E-state index in [9.17, 15) is 0 Å². The van der Waals surface area contributed by atoms with E-state index in [0.29, 0.717) is 0 Å². The second-order valence-electron chi connectivity index (χ2n) is 6.46. The van der Waals surface area contributed by atoms with Gasteiger partial charge in [0.2, 0.25) is 0 Å². The highest BCUT2D eigenvalue weighted by atomic mass is 31.2. The predicted octanol–water partition coefficient (Wildman–Crippen LogP) is 5.23. The zero-order valence-electron chi connectivity index (χ0n) is 12.4. The zero-order valence-corrected chi connectivity index (χ0v) is 13.2. The van der Waals surface area contributed by atoms with E-state index >= 15 is 0 Å². The van der Waals surface area contributed by atoms with Crippen LogP contribution in [-0.2, 0) is 0 Å². The molecular formula is C18H28P+. The maximum absolute atomic E-state index is 2.50. The van der Waals surface area contributed by atoms with E-state index < -0.39 is 7.26 Å². The van der Waals surface area contributed by atoms with Gasteiger partial charge >= 0.3 is 0 Å². The lowest BCUT2D eigenvalue weighted by Gasteiger charge is -2.37. The van der Waals surface area contributed by atoms with Crippen LogP contribution in [0.5, 0.6) is 0 Å². The SMILES string of the molecule is CC[P+](c1ccccc1)(C1CCCC1)C1CCCC1. The lowest BCUT2D eigenvalue weighted by atomic mass is 10.3. The Labute approximate surface area is 119 Å². The van der Waals surface area contributed by atoms with Crippen molar-refractivity contribution in [3.8, 4) is 0 Å². The molecule has 1 aromatic carbocycles. The Morgan fingerprint density at radius 3 is 1.74 bits per heavy atom. The highest BCUT2D eigenvalue weighted by molar-refractivity contribution is 7.84. The van der Waals surface area contributed by atoms with Gasteiger partial charge in [-0.05, 0) is 70.4 Å². The molecule has 0 heterocycles. The van der Waals surface area contributed by atoms with Crippen molar-refractivity contribution in [1.82, 2.24) is 0 Å². The van der Waals surface area contributed by atoms with Crippen molar-refractivity contribution in [3.63, 3.8) is 0 Å². The molecule has 1 aromatic rings. The van der Waals surface area contributed by atoms with Crippen molar-refractivity contribution in [3.05, 3.63) is 30.3 Å². The van der Waals surface area contributed by atoms with Gasteiger partial charge in [0.25, 0.3) is 0 Å². The first kappa shape index (κ1) is 13.6. The van der Waals surface area contributed by atoms with E-state index in [1.54, 1.807) is 5.30 Å². The fourth-order valence-electron chi connectivity index (χ4n) is 4.85. The standard InChI is InChI=1S/C18H28P/c1-2-19(17-12-6-7-13-17,18-14-8-9-15-18)16-10-4-3-5-11-16/h3-5,10-11,17-18H,2,6-9,12-15H2,1H3/q+1. The molecule has 0 radical (unpaired) electrons. The fraction of sp³-hybridized carbons (Fsp3) is 0.667. The maximum atomic E-state index is 2.50. The second kappa shape index (κ2) is 5.96. The summed E-state index contributed by atoms with van der Waals surface area (Å²) in [6.45, 7) is 2.50. The molecule has 0 aliphatic heterocycles. The van der Waals surface area contributed by atoms with Crippen LogP contribution >= 0.6 is 7.26 Å². The Hall–Kier alpha value is -0.350. The lowest BCUT2D eigenvalue weighted by Crippen LogP contribution is -2.31. The minimum atomic E-state index is -0.925. The molecule has 0 spiro atoms. The van der Waals surface area contributed by atoms with Crippen molar-refractivity contribution >= 4 is 12.6 Å². The largest absolute Gasteiger partial charge is 0.0945 e. The van der Waals surface area contributed by atoms with Gasteiger partial charge in [-0.25, -0.2) is 0 Å². The Morgan fingerprint density at radius 1 is 0.842 bits per heavy atom. The average Bonchev–Trinajstić information content (AvgIpc) is 3.15. The van der Waals surface area contributed by atoms with Crippen LogP contribution in [0.3, 0.4) is 0 Å². The third-order valence-corrected chi connectivity index (χ3v) is 11.7. The van der Waals surface area contributed by atoms with Crippen LogP contribution in [0.15, 0.2) is 30.3 Å². The normalized spacial score (nSPS) is 22.2. The molecule has 0 saturated heterocycles. The molecule has 0 nitrogen and oxygen atoms in total. The highest BCUT2D eigenvalue weighted by Crippen LogP contribution is 2.71. The van der Waals surface area contributed by atoms with Crippen LogP contribution in [0.2, 0.25) is 0 Å². The summed E-state index contributed by atoms with van der Waals surface area (Å²) in [5.41, 5.74) is 2.12. The fourth-order valence-corrected chi connectivity index (χ4v) is 11.0. The van der Waals surface area contributed by atoms with Gasteiger partial charge in [-0.3, -0.25) is 0 Å². The van der Waals surface area contributed by atoms with Crippen molar-refractivity contribution in [2.75, 3.05) is 6.16 Å². The van der Waals surface area contributed by atoms with Gasteiger partial charge in [0.15, 0.2) is 0 Å². The van der Waals surface area contributed by atoms with Crippen LogP contribution in [0.1, 0.15) is 58.3 Å². The predicted molar refractivity (Wildman–Crippen MR) is 88.0 cm³/mol. The maximum Gasteiger partial charge on any atom is 0.0945 e. The van der Waals surface area contributed by atoms with Crippen LogP contribution in [-0.4, -0.2) is 17.5 Å². The summed E-state index contributed by atoms with van der Waals surface area (Å²) in [7, 11) is -0.925. The molecule has 0 unspecified atom stereocenters. The molecule has 0 amide bonds. The number of rotatable bonds is 4. The zero-order chi connectivity index (χ0) is 13.1. The van der Waals surface area contributed by atoms with E-state index in [4.69, 9.17) is 0 Å². The minimum Gasteiger partial charge on any atom is -0.0620 e. The molecule has 3 rings (SSSR count). The van der Waals surface area contributed by atoms with Crippen molar-refractivity contribution in [2.45, 2.75) is 69.6 Å². The molecule has 19 heavy (non-hydrogen) atoms. The average molecular weight is 275 g/mol. The number of hydrogen-bond acceptors (Lipinski definition) is 0. The smallest absolute Gasteiger partial charge is 0.0620 e. The summed E-state index contributed by atoms with van der Waals surface area (Å²) in [6.07, 6.45) is 13.5. The Kier molecular flexibility index (Phi) is 4.27. The van der Waals surface area contributed by atoms with Crippen molar-refractivity contribution in [1.29, 1.82) is 0 Å². The Bertz CT molecular complexity index is 369. The molecule has 1 heteroatoms. The first-order chi connectivity index (χ1) is 9.38. The van der Waals surface area contributed by atoms with E-state index in [0.717, 1.165) is 11.3 Å². The molecule has 2 aliphatic carbocycles. The van der Waals surface area contributed by atoms with Crippen LogP contribution in [0.4, 0.5) is 0 Å². The quantitative estimate of drug-likeness (QED) is 0.660. The van der Waals surface area contributed by atoms with Crippen LogP contribution in [0.25, 0.3) is 0 Å². The summed E-state index contributed by atoms with van der Waals surface area (Å²) in [4.78, 5) is 0. The van der Waals surface area contributed by atoms with Crippen molar-refractivity contribution < 1.29 is 0 Å². The highest BCUT2D eigenvalue weighted by Gasteiger charge is 2.53. The molecule has 104 valence electrons. The topological polar surface area (TPSA) is 0 Å². The summed E-state index contributed by atoms with van der Waals surface area (Å²) >= 11 is 0. The molecule has 0 aromatic heterocycles. The molecule has 0 bridgehead atoms. The van der Waals surface area contributed by atoms with Gasteiger partial charge in [0, 0.05) is 0 Å². The van der Waals surface area contributed by atoms with Gasteiger partial charge < -0.3 is 0 Å². The van der Waals surface area contributed by atoms with E-state index in [1.807, 2.05) is 0 Å². The van der Waals surface area contributed by atoms with Gasteiger partial charge in [-0.2, -0.15) is 0 Å². The third-order valence-electron chi connectivity index (χ3n) is 5.71. The summed E-state index contributed by atoms with van der Waals surface area (Å²) in [6, 6.07) is 11.7. The first-order valence-electron chi connectivity index (χ1n) is 8.31. The molecular weight excluding hydrogens is 247 g/mol. The van der Waals surface area contributed by atoms with Gasteiger partial charge in [0.1, 0.15) is 0 Å². The first-order valence-corrected chi connectivity index (χ1v) is 10.4. The van der Waals surface area contributed by atoms with Crippen LogP contribution < -0.4 is 5.30 Å². The summed E-state index contributed by atoms with van der Waals surface area (Å²) in [5, 5.41) is 1.76. The third kappa shape index (κ3) is 2.38. The van der Waals surface area contributed by atoms with E-state index in [-0.39, 0.29) is 0 Å². The minimum absolute atomic E-state index is 0.925. The number of benzene rings is 1. The second-order valence-corrected chi connectivity index (χ2v) is 10.9. The summed E-state index contributed by atoms with van der Waals surface area (Å²) in [5.74, 6) is 0. The Balaban J connectivity index is 2.01. The molecule has 2 saturated carbocycles. The van der Waals surface area contributed by atoms with Crippen molar-refractivity contribution in [2.24, 2.45) is 0 Å². The van der Waals surface area contributed by atoms with Gasteiger partial charge in [-0.15, -0.1) is 0 Å². The van der Waals surface area contributed by atoms with Gasteiger partial charge in [-0.1, -0.05) is 18.2 Å². The molecule has 2 fully saturated rings. The Morgan fingerprint density at radius 2 is 1.32 bits per heavy atom.